The maximum absolute atomic E-state index is 14.7. The molecule has 7 aromatic heterocycles. The second-order valence-corrected chi connectivity index (χ2v) is 24.4. The SMILES string of the molecule is CC(=O)c1csc(-c2ccc3c(n2)-c2csc(n2)-c2csc(n2)C(C(C)C(C)O)NC(=O)C(Cc2ccc(O)cc2)NC(=O)c2csc(n2)C(C(O)c2ccccc2)NC(=O)c2nc(sc2C)C(CC(N)=O)NC(=O)c2csc-3n2)n1. The van der Waals surface area contributed by atoms with Crippen molar-refractivity contribution in [3.8, 4) is 49.1 Å². The Hall–Kier alpha value is -7.89. The number of Topliss-reactive ketones (excluding diaryl/α,β-unsaturated/α-hetero) is 1. The topological polar surface area (TPSA) is 327 Å². The van der Waals surface area contributed by atoms with E-state index >= 15 is 0 Å². The third-order valence-corrected chi connectivity index (χ3v) is 18.6. The minimum atomic E-state index is -1.40. The number of hydrogen-bond donors (Lipinski definition) is 8. The molecule has 1 aliphatic rings. The average Bonchev–Trinajstić information content (AvgIpc) is 4.45. The van der Waals surface area contributed by atoms with Crippen molar-refractivity contribution < 1.29 is 44.1 Å². The molecule has 0 radical (unpaired) electrons. The zero-order chi connectivity index (χ0) is 57.2. The molecule has 0 fully saturated rings. The van der Waals surface area contributed by atoms with Gasteiger partial charge in [-0.25, -0.2) is 34.9 Å². The van der Waals surface area contributed by atoms with E-state index < -0.39 is 78.2 Å². The minimum Gasteiger partial charge on any atom is -0.508 e. The summed E-state index contributed by atoms with van der Waals surface area (Å²) in [6.07, 6.45) is -2.78. The van der Waals surface area contributed by atoms with Crippen molar-refractivity contribution in [1.29, 1.82) is 0 Å². The number of aromatic hydroxyl groups is 1. The van der Waals surface area contributed by atoms with Crippen LogP contribution in [-0.2, 0) is 16.0 Å². The van der Waals surface area contributed by atoms with Gasteiger partial charge in [0, 0.05) is 56.6 Å². The van der Waals surface area contributed by atoms with Gasteiger partial charge in [0.2, 0.25) is 11.8 Å². The fraction of sp³-hybridized carbons (Fsp3) is 0.241. The summed E-state index contributed by atoms with van der Waals surface area (Å²) >= 11 is 6.93. The van der Waals surface area contributed by atoms with Gasteiger partial charge in [-0.2, -0.15) is 0 Å². The van der Waals surface area contributed by atoms with Crippen LogP contribution in [0.3, 0.4) is 0 Å². The van der Waals surface area contributed by atoms with Crippen LogP contribution in [0.2, 0.25) is 0 Å². The predicted molar refractivity (Wildman–Crippen MR) is 308 cm³/mol. The lowest BCUT2D eigenvalue weighted by molar-refractivity contribution is -0.124. The van der Waals surface area contributed by atoms with Crippen LogP contribution in [0.15, 0.2) is 93.6 Å². The lowest BCUT2D eigenvalue weighted by Crippen LogP contribution is -2.50. The van der Waals surface area contributed by atoms with E-state index in [0.29, 0.717) is 64.4 Å². The first-order valence-corrected chi connectivity index (χ1v) is 30.1. The Kier molecular flexibility index (Phi) is 16.7. The maximum Gasteiger partial charge on any atom is 0.271 e. The second-order valence-electron chi connectivity index (χ2n) is 18.8. The van der Waals surface area contributed by atoms with Gasteiger partial charge in [-0.3, -0.25) is 28.8 Å². The lowest BCUT2D eigenvalue weighted by Gasteiger charge is -2.28. The van der Waals surface area contributed by atoms with Crippen LogP contribution < -0.4 is 27.0 Å². The van der Waals surface area contributed by atoms with E-state index in [2.05, 4.69) is 36.2 Å². The molecule has 0 saturated heterocycles. The monoisotopic (exact) mass is 1200 g/mol. The van der Waals surface area contributed by atoms with Crippen molar-refractivity contribution in [3.05, 3.63) is 147 Å². The number of ketones is 1. The number of pyridine rings is 1. The van der Waals surface area contributed by atoms with Crippen LogP contribution >= 0.6 is 68.0 Å². The van der Waals surface area contributed by atoms with Crippen molar-refractivity contribution in [2.75, 3.05) is 0 Å². The van der Waals surface area contributed by atoms with Gasteiger partial charge in [0.1, 0.15) is 93.8 Å². The zero-order valence-corrected chi connectivity index (χ0v) is 48.0. The molecule has 1 aliphatic heterocycles. The van der Waals surface area contributed by atoms with Crippen LogP contribution in [0.25, 0.3) is 43.4 Å². The fourth-order valence-corrected chi connectivity index (χ4v) is 13.9. The number of fused-ring (bicyclic) bond motifs is 14. The molecule has 0 saturated carbocycles. The van der Waals surface area contributed by atoms with E-state index in [4.69, 9.17) is 25.7 Å². The van der Waals surface area contributed by atoms with Crippen molar-refractivity contribution in [2.45, 2.75) is 76.9 Å². The molecule has 7 atom stereocenters. The molecule has 7 unspecified atom stereocenters. The third kappa shape index (κ3) is 12.5. The van der Waals surface area contributed by atoms with Crippen LogP contribution in [-0.4, -0.2) is 97.7 Å². The summed E-state index contributed by atoms with van der Waals surface area (Å²) in [6.45, 7) is 6.41. The van der Waals surface area contributed by atoms with Crippen LogP contribution in [0.4, 0.5) is 0 Å². The average molecular weight is 1200 g/mol. The summed E-state index contributed by atoms with van der Waals surface area (Å²) in [4.78, 5) is 116. The van der Waals surface area contributed by atoms with Gasteiger partial charge >= 0.3 is 0 Å². The number of phenolic OH excluding ortho intramolecular Hbond substituents is 1. The standard InChI is InChI=1S/C54H48N12O9S6/c1-23(24(2)67)40-53-63-38(22-80-53)51-60-35(19-78-51)42-30(14-15-31(56-42)50-59-34(18-77-50)25(3)68)49-61-36(20-76-49)47(74)58-33(17-39(55)70)52-66-41(26(4)81-52)48(75)65-43(44(71)28-8-6-5-7-9-28)54-62-37(21-79-54)46(73)57-32(45(72)64-40)16-27-10-12-29(69)13-11-27/h5-15,18-24,32-33,40,43-44,67,69,71H,16-17H2,1-4H3,(H2,55,70)(H,57,73)(H,58,74)(H,64,72)(H,65,75). The number of amides is 5. The number of nitrogens with one attached hydrogen (secondary N) is 4. The van der Waals surface area contributed by atoms with Gasteiger partial charge in [0.15, 0.2) is 5.78 Å². The molecule has 81 heavy (non-hydrogen) atoms. The number of carbonyl (C=O) groups is 6. The molecule has 0 aliphatic carbocycles. The van der Waals surface area contributed by atoms with Crippen molar-refractivity contribution >= 4 is 103 Å². The molecular formula is C54H48N12O9S6. The van der Waals surface area contributed by atoms with Crippen LogP contribution in [0.1, 0.15) is 124 Å². The number of nitrogens with two attached hydrogens (primary N) is 1. The molecule has 0 spiro atoms. The molecule has 10 bridgehead atoms. The maximum atomic E-state index is 14.7. The highest BCUT2D eigenvalue weighted by atomic mass is 32.1. The highest BCUT2D eigenvalue weighted by molar-refractivity contribution is 7.15. The second kappa shape index (κ2) is 24.1. The highest BCUT2D eigenvalue weighted by Crippen LogP contribution is 2.40. The summed E-state index contributed by atoms with van der Waals surface area (Å²) in [6, 6.07) is 13.7. The summed E-state index contributed by atoms with van der Waals surface area (Å²) < 4.78 is 0. The number of thiazole rings is 6. The molecule has 27 heteroatoms. The van der Waals surface area contributed by atoms with Crippen molar-refractivity contribution in [3.63, 3.8) is 0 Å². The van der Waals surface area contributed by atoms with Gasteiger partial charge in [-0.1, -0.05) is 49.4 Å². The van der Waals surface area contributed by atoms with E-state index in [-0.39, 0.29) is 50.7 Å². The van der Waals surface area contributed by atoms with E-state index in [1.54, 1.807) is 96.9 Å². The van der Waals surface area contributed by atoms with Gasteiger partial charge in [0.05, 0.1) is 30.3 Å². The molecule has 5 amide bonds. The Morgan fingerprint density at radius 2 is 1.22 bits per heavy atom. The Bertz CT molecular complexity index is 3830. The van der Waals surface area contributed by atoms with E-state index in [1.165, 1.54) is 58.4 Å². The molecule has 9 aromatic rings. The Morgan fingerprint density at radius 3 is 1.93 bits per heavy atom. The number of benzene rings is 2. The van der Waals surface area contributed by atoms with Crippen molar-refractivity contribution in [1.82, 2.24) is 56.2 Å². The number of aromatic nitrogens is 7. The van der Waals surface area contributed by atoms with Gasteiger partial charge in [-0.15, -0.1) is 68.0 Å². The summed E-state index contributed by atoms with van der Waals surface area (Å²) in [5, 5.41) is 54.9. The molecule has 9 N–H and O–H groups in total. The van der Waals surface area contributed by atoms with E-state index in [0.717, 1.165) is 34.0 Å². The first-order chi connectivity index (χ1) is 38.9. The number of phenols is 1. The number of aliphatic hydroxyl groups is 2. The van der Waals surface area contributed by atoms with Crippen LogP contribution in [0.5, 0.6) is 5.75 Å². The van der Waals surface area contributed by atoms with E-state index in [9.17, 15) is 44.1 Å². The molecule has 8 heterocycles. The largest absolute Gasteiger partial charge is 0.508 e. The number of aryl methyl sites for hydroxylation is 1. The number of hydrogen-bond acceptors (Lipinski definition) is 22. The van der Waals surface area contributed by atoms with Gasteiger partial charge < -0.3 is 42.3 Å². The molecule has 10 rings (SSSR count). The number of rotatable bonds is 10. The Labute approximate surface area is 485 Å². The normalized spacial score (nSPS) is 18.1. The van der Waals surface area contributed by atoms with Gasteiger partial charge in [-0.05, 0) is 49.2 Å². The van der Waals surface area contributed by atoms with Crippen LogP contribution in [0, 0.1) is 12.8 Å². The summed E-state index contributed by atoms with van der Waals surface area (Å²) in [5.74, 6) is -4.40. The van der Waals surface area contributed by atoms with Gasteiger partial charge in [0.25, 0.3) is 17.7 Å². The van der Waals surface area contributed by atoms with E-state index in [1.807, 2.05) is 0 Å². The minimum absolute atomic E-state index is 0.00472. The zero-order valence-electron chi connectivity index (χ0n) is 43.1. The fourth-order valence-electron chi connectivity index (χ4n) is 8.56. The number of aliphatic hydroxyl groups excluding tert-OH is 2. The quantitative estimate of drug-likeness (QED) is 0.0606. The first-order valence-electron chi connectivity index (χ1n) is 24.9. The predicted octanol–water partition coefficient (Wildman–Crippen LogP) is 7.79. The summed E-state index contributed by atoms with van der Waals surface area (Å²) in [5.41, 5.74) is 8.97. The highest BCUT2D eigenvalue weighted by Gasteiger charge is 2.35. The number of primary amides is 1. The number of carbonyl (C=O) groups excluding carboxylic acids is 6. The molecule has 2 aromatic carbocycles. The molecule has 21 nitrogen and oxygen atoms in total. The smallest absolute Gasteiger partial charge is 0.271 e. The Morgan fingerprint density at radius 1 is 0.605 bits per heavy atom. The Balaban J connectivity index is 1.08. The summed E-state index contributed by atoms with van der Waals surface area (Å²) in [7, 11) is 0. The third-order valence-electron chi connectivity index (χ3n) is 13.1. The number of nitrogens with zero attached hydrogens (tertiary/aromatic N) is 7. The molecular weight excluding hydrogens is 1150 g/mol. The lowest BCUT2D eigenvalue weighted by atomic mass is 9.96. The van der Waals surface area contributed by atoms with Crippen molar-refractivity contribution in [2.24, 2.45) is 11.7 Å². The first kappa shape index (κ1) is 56.4. The molecule has 414 valence electrons.